The van der Waals surface area contributed by atoms with Gasteiger partial charge in [0.1, 0.15) is 0 Å². The van der Waals surface area contributed by atoms with Gasteiger partial charge in [0.2, 0.25) is 0 Å². The molecule has 0 bridgehead atoms. The molecule has 0 aliphatic heterocycles. The molecule has 1 aliphatic carbocycles. The highest BCUT2D eigenvalue weighted by atomic mass is 16.3. The summed E-state index contributed by atoms with van der Waals surface area (Å²) in [7, 11) is 0. The zero-order valence-electron chi connectivity index (χ0n) is 7.87. The minimum atomic E-state index is 0.292. The van der Waals surface area contributed by atoms with E-state index in [0.717, 1.165) is 25.2 Å². The van der Waals surface area contributed by atoms with Gasteiger partial charge < -0.3 is 10.2 Å². The van der Waals surface area contributed by atoms with Crippen LogP contribution >= 0.6 is 0 Å². The van der Waals surface area contributed by atoms with Crippen molar-refractivity contribution in [3.8, 4) is 0 Å². The second-order valence-corrected chi connectivity index (χ2v) is 4.25. The van der Waals surface area contributed by atoms with Crippen LogP contribution in [0.4, 0.5) is 0 Å². The average Bonchev–Trinajstić information content (AvgIpc) is 2.26. The minimum Gasteiger partial charge on any atom is -0.396 e. The first-order chi connectivity index (χ1) is 5.76. The van der Waals surface area contributed by atoms with Crippen molar-refractivity contribution in [3.63, 3.8) is 0 Å². The second-order valence-electron chi connectivity index (χ2n) is 4.25. The summed E-state index contributed by atoms with van der Waals surface area (Å²) in [5, 5.41) is 18.1. The molecular weight excluding hydrogens is 152 g/mol. The van der Waals surface area contributed by atoms with E-state index in [1.54, 1.807) is 0 Å². The van der Waals surface area contributed by atoms with Crippen molar-refractivity contribution in [1.29, 1.82) is 0 Å². The Labute approximate surface area is 74.6 Å². The van der Waals surface area contributed by atoms with Crippen molar-refractivity contribution < 1.29 is 10.2 Å². The maximum absolute atomic E-state index is 9.07. The normalized spacial score (nSPS) is 37.8. The maximum atomic E-state index is 9.07. The first-order valence-corrected chi connectivity index (χ1v) is 4.98. The summed E-state index contributed by atoms with van der Waals surface area (Å²) < 4.78 is 0. The van der Waals surface area contributed by atoms with Crippen LogP contribution in [0, 0.1) is 17.8 Å². The molecule has 1 fully saturated rings. The Morgan fingerprint density at radius 2 is 1.67 bits per heavy atom. The highest BCUT2D eigenvalue weighted by molar-refractivity contribution is 4.73. The van der Waals surface area contributed by atoms with E-state index in [9.17, 15) is 0 Å². The molecule has 3 unspecified atom stereocenters. The van der Waals surface area contributed by atoms with Crippen molar-refractivity contribution >= 4 is 0 Å². The van der Waals surface area contributed by atoms with Gasteiger partial charge in [-0.15, -0.1) is 0 Å². The first-order valence-electron chi connectivity index (χ1n) is 4.98. The zero-order valence-corrected chi connectivity index (χ0v) is 7.87. The van der Waals surface area contributed by atoms with Crippen LogP contribution in [0.5, 0.6) is 0 Å². The lowest BCUT2D eigenvalue weighted by atomic mass is 9.93. The van der Waals surface area contributed by atoms with E-state index >= 15 is 0 Å². The van der Waals surface area contributed by atoms with Crippen molar-refractivity contribution in [2.45, 2.75) is 32.6 Å². The van der Waals surface area contributed by atoms with Gasteiger partial charge in [-0.05, 0) is 37.0 Å². The summed E-state index contributed by atoms with van der Waals surface area (Å²) in [5.41, 5.74) is 0. The molecule has 3 atom stereocenters. The van der Waals surface area contributed by atoms with Gasteiger partial charge in [-0.25, -0.2) is 0 Å². The molecule has 0 radical (unpaired) electrons. The van der Waals surface area contributed by atoms with Crippen molar-refractivity contribution in [1.82, 2.24) is 0 Å². The number of aliphatic hydroxyl groups is 2. The van der Waals surface area contributed by atoms with E-state index in [1.165, 1.54) is 6.42 Å². The molecule has 2 N–H and O–H groups in total. The van der Waals surface area contributed by atoms with Gasteiger partial charge in [-0.3, -0.25) is 0 Å². The second kappa shape index (κ2) is 4.83. The molecule has 2 nitrogen and oxygen atoms in total. The summed E-state index contributed by atoms with van der Waals surface area (Å²) >= 11 is 0. The lowest BCUT2D eigenvalue weighted by Crippen LogP contribution is -2.13. The molecule has 1 aliphatic rings. The molecule has 1 saturated carbocycles. The van der Waals surface area contributed by atoms with Gasteiger partial charge in [0, 0.05) is 13.2 Å². The van der Waals surface area contributed by atoms with Gasteiger partial charge in [-0.2, -0.15) is 0 Å². The monoisotopic (exact) mass is 172 g/mol. The maximum Gasteiger partial charge on any atom is 0.0459 e. The highest BCUT2D eigenvalue weighted by Gasteiger charge is 2.22. The SMILES string of the molecule is CC1CCC(CO)CC(CO)C1. The van der Waals surface area contributed by atoms with Gasteiger partial charge in [0.15, 0.2) is 0 Å². The quantitative estimate of drug-likeness (QED) is 0.618. The molecule has 1 rings (SSSR count). The Kier molecular flexibility index (Phi) is 4.02. The summed E-state index contributed by atoms with van der Waals surface area (Å²) in [6.07, 6.45) is 4.49. The number of aliphatic hydroxyl groups excluding tert-OH is 2. The van der Waals surface area contributed by atoms with Gasteiger partial charge in [0.05, 0.1) is 0 Å². The molecular formula is C10H20O2. The van der Waals surface area contributed by atoms with Gasteiger partial charge >= 0.3 is 0 Å². The molecule has 0 aromatic carbocycles. The van der Waals surface area contributed by atoms with Crippen LogP contribution in [-0.4, -0.2) is 23.4 Å². The standard InChI is InChI=1S/C10H20O2/c1-8-2-3-9(6-11)5-10(4-8)7-12/h8-12H,2-7H2,1H3. The minimum absolute atomic E-state index is 0.292. The zero-order chi connectivity index (χ0) is 8.97. The van der Waals surface area contributed by atoms with E-state index in [4.69, 9.17) is 10.2 Å². The average molecular weight is 172 g/mol. The van der Waals surface area contributed by atoms with Crippen LogP contribution in [0.1, 0.15) is 32.6 Å². The Bertz CT molecular complexity index is 125. The van der Waals surface area contributed by atoms with Gasteiger partial charge in [0.25, 0.3) is 0 Å². The summed E-state index contributed by atoms with van der Waals surface area (Å²) in [5.74, 6) is 1.59. The van der Waals surface area contributed by atoms with Crippen molar-refractivity contribution in [3.05, 3.63) is 0 Å². The Morgan fingerprint density at radius 1 is 1.00 bits per heavy atom. The van der Waals surface area contributed by atoms with Crippen LogP contribution in [0.2, 0.25) is 0 Å². The van der Waals surface area contributed by atoms with Gasteiger partial charge in [-0.1, -0.05) is 13.3 Å². The van der Waals surface area contributed by atoms with Crippen molar-refractivity contribution in [2.75, 3.05) is 13.2 Å². The molecule has 0 aromatic heterocycles. The summed E-state index contributed by atoms with van der Waals surface area (Å²) in [6, 6.07) is 0. The number of hydrogen-bond acceptors (Lipinski definition) is 2. The predicted octanol–water partition coefficient (Wildman–Crippen LogP) is 1.41. The van der Waals surface area contributed by atoms with Crippen LogP contribution in [-0.2, 0) is 0 Å². The first kappa shape index (κ1) is 10.0. The molecule has 0 spiro atoms. The van der Waals surface area contributed by atoms with E-state index in [0.29, 0.717) is 25.0 Å². The van der Waals surface area contributed by atoms with E-state index < -0.39 is 0 Å². The van der Waals surface area contributed by atoms with Crippen LogP contribution in [0.15, 0.2) is 0 Å². The van der Waals surface area contributed by atoms with E-state index in [-0.39, 0.29) is 0 Å². The third-order valence-electron chi connectivity index (χ3n) is 2.99. The van der Waals surface area contributed by atoms with Crippen LogP contribution in [0.3, 0.4) is 0 Å². The highest BCUT2D eigenvalue weighted by Crippen LogP contribution is 2.30. The molecule has 2 heteroatoms. The molecule has 72 valence electrons. The van der Waals surface area contributed by atoms with E-state index in [2.05, 4.69) is 6.92 Å². The summed E-state index contributed by atoms with van der Waals surface area (Å²) in [4.78, 5) is 0. The fourth-order valence-electron chi connectivity index (χ4n) is 2.21. The Balaban J connectivity index is 2.43. The smallest absolute Gasteiger partial charge is 0.0459 e. The molecule has 0 aromatic rings. The lowest BCUT2D eigenvalue weighted by molar-refractivity contribution is 0.161. The molecule has 0 saturated heterocycles. The Hall–Kier alpha value is -0.0800. The third kappa shape index (κ3) is 2.76. The number of rotatable bonds is 2. The molecule has 0 amide bonds. The largest absolute Gasteiger partial charge is 0.396 e. The topological polar surface area (TPSA) is 40.5 Å². The van der Waals surface area contributed by atoms with E-state index in [1.807, 2.05) is 0 Å². The molecule has 0 heterocycles. The van der Waals surface area contributed by atoms with Crippen molar-refractivity contribution in [2.24, 2.45) is 17.8 Å². The van der Waals surface area contributed by atoms with Crippen LogP contribution < -0.4 is 0 Å². The molecule has 12 heavy (non-hydrogen) atoms. The Morgan fingerprint density at radius 3 is 2.25 bits per heavy atom. The van der Waals surface area contributed by atoms with Crippen LogP contribution in [0.25, 0.3) is 0 Å². The number of hydrogen-bond donors (Lipinski definition) is 2. The predicted molar refractivity (Wildman–Crippen MR) is 48.8 cm³/mol. The summed E-state index contributed by atoms with van der Waals surface area (Å²) in [6.45, 7) is 2.83. The third-order valence-corrected chi connectivity index (χ3v) is 2.99. The fraction of sp³-hybridized carbons (Fsp3) is 1.00. The fourth-order valence-corrected chi connectivity index (χ4v) is 2.21. The lowest BCUT2D eigenvalue weighted by Gasteiger charge is -2.16.